The minimum Gasteiger partial charge on any atom is -0.496 e. The van der Waals surface area contributed by atoms with Gasteiger partial charge in [0.05, 0.1) is 25.8 Å². The average molecular weight is 355 g/mol. The summed E-state index contributed by atoms with van der Waals surface area (Å²) in [6.07, 6.45) is 1.20. The van der Waals surface area contributed by atoms with Crippen molar-refractivity contribution in [2.45, 2.75) is 31.0 Å². The van der Waals surface area contributed by atoms with Gasteiger partial charge in [0, 0.05) is 5.56 Å². The van der Waals surface area contributed by atoms with Crippen molar-refractivity contribution < 1.29 is 14.6 Å². The maximum Gasteiger partial charge on any atom is 0.238 e. The topological polar surface area (TPSA) is 82.6 Å². The van der Waals surface area contributed by atoms with Crippen molar-refractivity contribution in [3.63, 3.8) is 0 Å². The van der Waals surface area contributed by atoms with E-state index in [-0.39, 0.29) is 30.6 Å². The van der Waals surface area contributed by atoms with Crippen LogP contribution in [0, 0.1) is 0 Å². The maximum absolute atomic E-state index is 12.6. The third kappa shape index (κ3) is 4.40. The monoisotopic (exact) mass is 355 g/mol. The fourth-order valence-corrected chi connectivity index (χ4v) is 3.25. The zero-order valence-corrected chi connectivity index (χ0v) is 14.8. The number of hydrogen-bond acceptors (Lipinski definition) is 5. The molecule has 6 nitrogen and oxygen atoms in total. The van der Waals surface area contributed by atoms with E-state index in [0.717, 1.165) is 16.9 Å². The average Bonchev–Trinajstić information content (AvgIpc) is 3.18. The number of aliphatic hydroxyl groups is 1. The molecule has 3 rings (SSSR count). The lowest BCUT2D eigenvalue weighted by molar-refractivity contribution is -0.123. The number of rotatable bonds is 7. The van der Waals surface area contributed by atoms with Crippen LogP contribution >= 0.6 is 0 Å². The van der Waals surface area contributed by atoms with Crippen LogP contribution in [-0.2, 0) is 11.2 Å². The Morgan fingerprint density at radius 1 is 1.19 bits per heavy atom. The van der Waals surface area contributed by atoms with Gasteiger partial charge in [-0.15, -0.1) is 0 Å². The van der Waals surface area contributed by atoms with Gasteiger partial charge in [-0.1, -0.05) is 48.5 Å². The Balaban J connectivity index is 1.58. The number of amides is 1. The molecule has 1 amide bonds. The Hall–Kier alpha value is -2.41. The Kier molecular flexibility index (Phi) is 6.22. The summed E-state index contributed by atoms with van der Waals surface area (Å²) in [5, 5.41) is 12.5. The van der Waals surface area contributed by atoms with Gasteiger partial charge in [-0.3, -0.25) is 4.79 Å². The standard InChI is InChI=1S/C20H25N3O3/c1-26-19-10-6-5-9-16(19)17-12-18(23-22-17)20(25)21-15(13-24)11-14-7-3-2-4-8-14/h2-10,15,17-18,22-24H,11-13H2,1H3,(H,21,25)/t15-,17?,18?/m1/s1. The van der Waals surface area contributed by atoms with Crippen molar-refractivity contribution in [3.8, 4) is 5.75 Å². The second kappa shape index (κ2) is 8.80. The van der Waals surface area contributed by atoms with Crippen LogP contribution in [0.1, 0.15) is 23.6 Å². The molecule has 0 saturated carbocycles. The molecular formula is C20H25N3O3. The lowest BCUT2D eigenvalue weighted by Gasteiger charge is -2.19. The summed E-state index contributed by atoms with van der Waals surface area (Å²) < 4.78 is 5.40. The van der Waals surface area contributed by atoms with E-state index in [2.05, 4.69) is 16.2 Å². The Labute approximate surface area is 153 Å². The molecule has 0 aromatic heterocycles. The van der Waals surface area contributed by atoms with Crippen LogP contribution < -0.4 is 20.9 Å². The summed E-state index contributed by atoms with van der Waals surface area (Å²) in [6.45, 7) is -0.100. The largest absolute Gasteiger partial charge is 0.496 e. The molecule has 1 heterocycles. The minimum absolute atomic E-state index is 0.0106. The molecule has 0 spiro atoms. The first kappa shape index (κ1) is 18.4. The molecule has 1 saturated heterocycles. The first-order valence-electron chi connectivity index (χ1n) is 8.80. The van der Waals surface area contributed by atoms with E-state index in [1.807, 2.05) is 54.6 Å². The van der Waals surface area contributed by atoms with Crippen LogP contribution in [0.2, 0.25) is 0 Å². The van der Waals surface area contributed by atoms with Gasteiger partial charge in [0.15, 0.2) is 0 Å². The molecule has 0 aliphatic carbocycles. The lowest BCUT2D eigenvalue weighted by Crippen LogP contribution is -2.48. The summed E-state index contributed by atoms with van der Waals surface area (Å²) in [5.74, 6) is 0.676. The minimum atomic E-state index is -0.366. The number of hydrazine groups is 1. The molecule has 0 bridgehead atoms. The third-order valence-electron chi connectivity index (χ3n) is 4.63. The Bertz CT molecular complexity index is 723. The summed E-state index contributed by atoms with van der Waals surface area (Å²) in [6, 6.07) is 16.9. The first-order chi connectivity index (χ1) is 12.7. The van der Waals surface area contributed by atoms with Gasteiger partial charge in [0.1, 0.15) is 11.8 Å². The molecule has 4 N–H and O–H groups in total. The molecule has 0 radical (unpaired) electrons. The van der Waals surface area contributed by atoms with Gasteiger partial charge >= 0.3 is 0 Å². The van der Waals surface area contributed by atoms with Crippen molar-refractivity contribution in [2.24, 2.45) is 0 Å². The number of carbonyl (C=O) groups is 1. The first-order valence-corrected chi connectivity index (χ1v) is 8.80. The lowest BCUT2D eigenvalue weighted by atomic mass is 10.00. The number of methoxy groups -OCH3 is 1. The number of ether oxygens (including phenoxy) is 1. The number of nitrogens with one attached hydrogen (secondary N) is 3. The van der Waals surface area contributed by atoms with E-state index >= 15 is 0 Å². The number of carbonyl (C=O) groups excluding carboxylic acids is 1. The predicted octanol–water partition coefficient (Wildman–Crippen LogP) is 1.32. The van der Waals surface area contributed by atoms with Gasteiger partial charge in [0.25, 0.3) is 0 Å². The number of aliphatic hydroxyl groups excluding tert-OH is 1. The van der Waals surface area contributed by atoms with Crippen molar-refractivity contribution in [3.05, 3.63) is 65.7 Å². The zero-order chi connectivity index (χ0) is 18.4. The Morgan fingerprint density at radius 3 is 2.65 bits per heavy atom. The van der Waals surface area contributed by atoms with Crippen LogP contribution in [0.3, 0.4) is 0 Å². The number of hydrogen-bond donors (Lipinski definition) is 4. The van der Waals surface area contributed by atoms with E-state index in [4.69, 9.17) is 4.74 Å². The van der Waals surface area contributed by atoms with E-state index in [1.165, 1.54) is 0 Å². The summed E-state index contributed by atoms with van der Waals surface area (Å²) in [4.78, 5) is 12.6. The summed E-state index contributed by atoms with van der Waals surface area (Å²) >= 11 is 0. The van der Waals surface area contributed by atoms with Crippen LogP contribution in [0.15, 0.2) is 54.6 Å². The SMILES string of the molecule is COc1ccccc1C1CC(C(=O)N[C@@H](CO)Cc2ccccc2)NN1. The van der Waals surface area contributed by atoms with E-state index in [9.17, 15) is 9.90 Å². The van der Waals surface area contributed by atoms with Crippen molar-refractivity contribution >= 4 is 5.91 Å². The summed E-state index contributed by atoms with van der Waals surface area (Å²) in [7, 11) is 1.64. The van der Waals surface area contributed by atoms with E-state index < -0.39 is 0 Å². The molecule has 6 heteroatoms. The number of para-hydroxylation sites is 1. The van der Waals surface area contributed by atoms with Crippen molar-refractivity contribution in [1.29, 1.82) is 0 Å². The highest BCUT2D eigenvalue weighted by Gasteiger charge is 2.32. The van der Waals surface area contributed by atoms with Gasteiger partial charge in [0.2, 0.25) is 5.91 Å². The van der Waals surface area contributed by atoms with E-state index in [1.54, 1.807) is 7.11 Å². The molecule has 138 valence electrons. The van der Waals surface area contributed by atoms with Crippen LogP contribution in [-0.4, -0.2) is 36.8 Å². The number of benzene rings is 2. The van der Waals surface area contributed by atoms with Crippen LogP contribution in [0.25, 0.3) is 0 Å². The molecule has 26 heavy (non-hydrogen) atoms. The second-order valence-electron chi connectivity index (χ2n) is 6.45. The fourth-order valence-electron chi connectivity index (χ4n) is 3.25. The van der Waals surface area contributed by atoms with Gasteiger partial charge in [-0.05, 0) is 24.5 Å². The molecular weight excluding hydrogens is 330 g/mol. The zero-order valence-electron chi connectivity index (χ0n) is 14.8. The van der Waals surface area contributed by atoms with Crippen LogP contribution in [0.4, 0.5) is 0 Å². The third-order valence-corrected chi connectivity index (χ3v) is 4.63. The molecule has 2 aromatic rings. The highest BCUT2D eigenvalue weighted by Crippen LogP contribution is 2.29. The van der Waals surface area contributed by atoms with Gasteiger partial charge in [-0.2, -0.15) is 0 Å². The van der Waals surface area contributed by atoms with Gasteiger partial charge in [-0.25, -0.2) is 10.9 Å². The molecule has 2 aromatic carbocycles. The van der Waals surface area contributed by atoms with Crippen LogP contribution in [0.5, 0.6) is 5.75 Å². The fraction of sp³-hybridized carbons (Fsp3) is 0.350. The molecule has 1 aliphatic heterocycles. The second-order valence-corrected chi connectivity index (χ2v) is 6.45. The molecule has 1 aliphatic rings. The maximum atomic E-state index is 12.6. The van der Waals surface area contributed by atoms with E-state index in [0.29, 0.717) is 12.8 Å². The van der Waals surface area contributed by atoms with Crippen molar-refractivity contribution in [1.82, 2.24) is 16.2 Å². The Morgan fingerprint density at radius 2 is 1.92 bits per heavy atom. The van der Waals surface area contributed by atoms with Gasteiger partial charge < -0.3 is 15.2 Å². The quantitative estimate of drug-likeness (QED) is 0.602. The highest BCUT2D eigenvalue weighted by atomic mass is 16.5. The predicted molar refractivity (Wildman–Crippen MR) is 99.6 cm³/mol. The molecule has 1 fully saturated rings. The molecule has 2 unspecified atom stereocenters. The van der Waals surface area contributed by atoms with Crippen molar-refractivity contribution in [2.75, 3.05) is 13.7 Å². The molecule has 3 atom stereocenters. The summed E-state index contributed by atoms with van der Waals surface area (Å²) in [5.41, 5.74) is 8.31. The smallest absolute Gasteiger partial charge is 0.238 e. The highest BCUT2D eigenvalue weighted by molar-refractivity contribution is 5.82. The normalized spacial score (nSPS) is 20.5.